The Kier molecular flexibility index (Phi) is 7.00. The molecule has 0 aromatic carbocycles. The summed E-state index contributed by atoms with van der Waals surface area (Å²) in [6.07, 6.45) is 2.82. The zero-order valence-electron chi connectivity index (χ0n) is 9.71. The van der Waals surface area contributed by atoms with Crippen molar-refractivity contribution in [3.05, 3.63) is 0 Å². The van der Waals surface area contributed by atoms with Crippen LogP contribution in [0.3, 0.4) is 0 Å². The monoisotopic (exact) mass is 293 g/mol. The van der Waals surface area contributed by atoms with Gasteiger partial charge in [0.1, 0.15) is 0 Å². The fraction of sp³-hybridized carbons (Fsp3) is 0.909. The molecule has 1 amide bonds. The van der Waals surface area contributed by atoms with Crippen LogP contribution >= 0.6 is 15.9 Å². The molecule has 1 aliphatic rings. The van der Waals surface area contributed by atoms with Crippen molar-refractivity contribution in [1.29, 1.82) is 0 Å². The number of rotatable bonds is 6. The van der Waals surface area contributed by atoms with E-state index in [1.807, 2.05) is 0 Å². The van der Waals surface area contributed by atoms with E-state index in [-0.39, 0.29) is 11.8 Å². The molecule has 1 rings (SSSR count). The summed E-state index contributed by atoms with van der Waals surface area (Å²) in [4.78, 5) is 12.0. The van der Waals surface area contributed by atoms with Crippen molar-refractivity contribution >= 4 is 21.8 Å². The quantitative estimate of drug-likeness (QED) is 0.752. The van der Waals surface area contributed by atoms with E-state index in [9.17, 15) is 4.79 Å². The maximum absolute atomic E-state index is 11.7. The van der Waals surface area contributed by atoms with Gasteiger partial charge in [-0.05, 0) is 19.3 Å². The van der Waals surface area contributed by atoms with E-state index < -0.39 is 0 Å². The smallest absolute Gasteiger partial charge is 0.225 e. The fourth-order valence-electron chi connectivity index (χ4n) is 1.71. The Morgan fingerprint density at radius 1 is 1.69 bits per heavy atom. The van der Waals surface area contributed by atoms with Crippen molar-refractivity contribution in [3.8, 4) is 0 Å². The minimum atomic E-state index is 0.0463. The molecule has 0 spiro atoms. The van der Waals surface area contributed by atoms with Gasteiger partial charge in [-0.2, -0.15) is 0 Å². The average Bonchev–Trinajstić information content (AvgIpc) is 2.30. The van der Waals surface area contributed by atoms with Crippen LogP contribution in [0.5, 0.6) is 0 Å². The molecule has 1 aliphatic heterocycles. The Morgan fingerprint density at radius 3 is 3.12 bits per heavy atom. The first-order valence-electron chi connectivity index (χ1n) is 5.72. The molecule has 0 radical (unpaired) electrons. The summed E-state index contributed by atoms with van der Waals surface area (Å²) in [7, 11) is 1.67. The molecule has 1 fully saturated rings. The van der Waals surface area contributed by atoms with Crippen LogP contribution in [0.4, 0.5) is 0 Å². The molecule has 0 bridgehead atoms. The summed E-state index contributed by atoms with van der Waals surface area (Å²) in [6.45, 7) is 2.72. The number of carbonyl (C=O) groups is 1. The first-order chi connectivity index (χ1) is 7.74. The van der Waals surface area contributed by atoms with Crippen molar-refractivity contribution in [2.45, 2.75) is 24.1 Å². The Balaban J connectivity index is 2.09. The molecule has 16 heavy (non-hydrogen) atoms. The van der Waals surface area contributed by atoms with Crippen LogP contribution in [0, 0.1) is 5.92 Å². The predicted molar refractivity (Wildman–Crippen MR) is 65.8 cm³/mol. The molecule has 2 atom stereocenters. The zero-order chi connectivity index (χ0) is 11.8. The molecule has 94 valence electrons. The second kappa shape index (κ2) is 8.03. The van der Waals surface area contributed by atoms with Gasteiger partial charge in [-0.1, -0.05) is 15.9 Å². The number of carbonyl (C=O) groups excluding carboxylic acids is 1. The van der Waals surface area contributed by atoms with Crippen LogP contribution in [0.1, 0.15) is 19.3 Å². The highest BCUT2D eigenvalue weighted by molar-refractivity contribution is 9.09. The van der Waals surface area contributed by atoms with Gasteiger partial charge in [0.05, 0.1) is 19.1 Å². The standard InChI is InChI=1S/C11H20BrNO3/c1-15-8-10(12)4-5-13-11(14)9-3-2-6-16-7-9/h9-10H,2-8H2,1H3,(H,13,14). The van der Waals surface area contributed by atoms with E-state index in [0.29, 0.717) is 24.6 Å². The third kappa shape index (κ3) is 5.27. The zero-order valence-corrected chi connectivity index (χ0v) is 11.3. The van der Waals surface area contributed by atoms with Crippen LogP contribution in [0.15, 0.2) is 0 Å². The Morgan fingerprint density at radius 2 is 2.50 bits per heavy atom. The second-order valence-corrected chi connectivity index (χ2v) is 5.34. The molecule has 5 heteroatoms. The third-order valence-corrected chi connectivity index (χ3v) is 3.36. The number of halogens is 1. The highest BCUT2D eigenvalue weighted by atomic mass is 79.9. The molecule has 1 saturated heterocycles. The minimum Gasteiger partial charge on any atom is -0.384 e. The van der Waals surface area contributed by atoms with Crippen LogP contribution < -0.4 is 5.32 Å². The number of methoxy groups -OCH3 is 1. The van der Waals surface area contributed by atoms with E-state index >= 15 is 0 Å². The SMILES string of the molecule is COCC(Br)CCNC(=O)C1CCCOC1. The highest BCUT2D eigenvalue weighted by Gasteiger charge is 2.21. The number of ether oxygens (including phenoxy) is 2. The number of amides is 1. The Labute approximate surface area is 105 Å². The lowest BCUT2D eigenvalue weighted by Gasteiger charge is -2.21. The van der Waals surface area contributed by atoms with E-state index in [2.05, 4.69) is 21.2 Å². The topological polar surface area (TPSA) is 47.6 Å². The van der Waals surface area contributed by atoms with E-state index in [4.69, 9.17) is 9.47 Å². The molecule has 0 aromatic heterocycles. The number of hydrogen-bond acceptors (Lipinski definition) is 3. The summed E-state index contributed by atoms with van der Waals surface area (Å²) in [5, 5.41) is 2.94. The minimum absolute atomic E-state index is 0.0463. The largest absolute Gasteiger partial charge is 0.384 e. The van der Waals surface area contributed by atoms with Crippen LogP contribution in [0.25, 0.3) is 0 Å². The molecule has 1 N–H and O–H groups in total. The molecular formula is C11H20BrNO3. The van der Waals surface area contributed by atoms with Gasteiger partial charge in [0.2, 0.25) is 5.91 Å². The lowest BCUT2D eigenvalue weighted by Crippen LogP contribution is -2.36. The van der Waals surface area contributed by atoms with E-state index in [1.165, 1.54) is 0 Å². The highest BCUT2D eigenvalue weighted by Crippen LogP contribution is 2.13. The Bertz CT molecular complexity index is 207. The first-order valence-corrected chi connectivity index (χ1v) is 6.64. The number of nitrogens with one attached hydrogen (secondary N) is 1. The fourth-order valence-corrected chi connectivity index (χ4v) is 2.20. The molecule has 1 heterocycles. The van der Waals surface area contributed by atoms with Gasteiger partial charge in [0.15, 0.2) is 0 Å². The number of hydrogen-bond donors (Lipinski definition) is 1. The van der Waals surface area contributed by atoms with Crippen molar-refractivity contribution in [3.63, 3.8) is 0 Å². The van der Waals surface area contributed by atoms with Crippen LogP contribution in [-0.4, -0.2) is 44.2 Å². The lowest BCUT2D eigenvalue weighted by molar-refractivity contribution is -0.128. The Hall–Kier alpha value is -0.130. The normalized spacial score (nSPS) is 22.8. The van der Waals surface area contributed by atoms with Gasteiger partial charge >= 0.3 is 0 Å². The maximum atomic E-state index is 11.7. The van der Waals surface area contributed by atoms with Gasteiger partial charge < -0.3 is 14.8 Å². The molecule has 0 aromatic rings. The lowest BCUT2D eigenvalue weighted by atomic mass is 10.0. The van der Waals surface area contributed by atoms with Gasteiger partial charge in [-0.3, -0.25) is 4.79 Å². The number of alkyl halides is 1. The average molecular weight is 294 g/mol. The first kappa shape index (κ1) is 13.9. The molecule has 0 saturated carbocycles. The van der Waals surface area contributed by atoms with Gasteiger partial charge in [-0.15, -0.1) is 0 Å². The molecule has 0 aliphatic carbocycles. The van der Waals surface area contributed by atoms with Crippen molar-refractivity contribution in [1.82, 2.24) is 5.32 Å². The maximum Gasteiger partial charge on any atom is 0.225 e. The second-order valence-electron chi connectivity index (χ2n) is 4.05. The summed E-state index contributed by atoms with van der Waals surface area (Å²) >= 11 is 3.48. The van der Waals surface area contributed by atoms with Crippen molar-refractivity contribution in [2.24, 2.45) is 5.92 Å². The molecule has 2 unspecified atom stereocenters. The summed E-state index contributed by atoms with van der Waals surface area (Å²) < 4.78 is 10.3. The van der Waals surface area contributed by atoms with Gasteiger partial charge in [0.25, 0.3) is 0 Å². The van der Waals surface area contributed by atoms with Crippen LogP contribution in [0.2, 0.25) is 0 Å². The predicted octanol–water partition coefficient (Wildman–Crippen LogP) is 1.33. The third-order valence-electron chi connectivity index (χ3n) is 2.64. The van der Waals surface area contributed by atoms with Crippen molar-refractivity contribution < 1.29 is 14.3 Å². The summed E-state index contributed by atoms with van der Waals surface area (Å²) in [5.41, 5.74) is 0. The molecule has 4 nitrogen and oxygen atoms in total. The van der Waals surface area contributed by atoms with Crippen LogP contribution in [-0.2, 0) is 14.3 Å². The van der Waals surface area contributed by atoms with Crippen molar-refractivity contribution in [2.75, 3.05) is 33.5 Å². The van der Waals surface area contributed by atoms with E-state index in [1.54, 1.807) is 7.11 Å². The van der Waals surface area contributed by atoms with Gasteiger partial charge in [-0.25, -0.2) is 0 Å². The van der Waals surface area contributed by atoms with Gasteiger partial charge in [0, 0.05) is 25.1 Å². The molecular weight excluding hydrogens is 274 g/mol. The summed E-state index contributed by atoms with van der Waals surface area (Å²) in [5.74, 6) is 0.168. The van der Waals surface area contributed by atoms with E-state index in [0.717, 1.165) is 25.9 Å². The summed E-state index contributed by atoms with van der Waals surface area (Å²) in [6, 6.07) is 0.